The van der Waals surface area contributed by atoms with E-state index in [9.17, 15) is 25.5 Å². The lowest BCUT2D eigenvalue weighted by molar-refractivity contribution is -0.229. The van der Waals surface area contributed by atoms with Crippen molar-refractivity contribution in [3.63, 3.8) is 0 Å². The zero-order valence-corrected chi connectivity index (χ0v) is 22.8. The molecule has 12 atom stereocenters. The first-order valence-electron chi connectivity index (χ1n) is 14.1. The molecule has 0 aromatic carbocycles. The lowest BCUT2D eigenvalue weighted by atomic mass is 9.33. The summed E-state index contributed by atoms with van der Waals surface area (Å²) in [6.45, 7) is 13.5. The summed E-state index contributed by atoms with van der Waals surface area (Å²) in [6, 6.07) is 0. The van der Waals surface area contributed by atoms with Crippen LogP contribution in [0.1, 0.15) is 92.9 Å². The maximum Gasteiger partial charge on any atom is 0.0880 e. The Hall–Kier alpha value is -0.460. The molecule has 200 valence electrons. The molecule has 0 aromatic rings. The van der Waals surface area contributed by atoms with Gasteiger partial charge in [0.15, 0.2) is 0 Å². The van der Waals surface area contributed by atoms with Crippen LogP contribution in [-0.4, -0.2) is 57.1 Å². The largest absolute Gasteiger partial charge is 0.396 e. The Kier molecular flexibility index (Phi) is 5.82. The van der Waals surface area contributed by atoms with Gasteiger partial charge in [-0.05, 0) is 85.4 Å². The monoisotopic (exact) mass is 490 g/mol. The highest BCUT2D eigenvalue weighted by molar-refractivity contribution is 5.34. The van der Waals surface area contributed by atoms with Crippen LogP contribution in [-0.2, 0) is 0 Å². The molecule has 0 unspecified atom stereocenters. The van der Waals surface area contributed by atoms with Gasteiger partial charge in [0.2, 0.25) is 0 Å². The molecule has 0 aliphatic heterocycles. The van der Waals surface area contributed by atoms with Crippen LogP contribution >= 0.6 is 0 Å². The second-order valence-corrected chi connectivity index (χ2v) is 15.0. The molecule has 0 saturated heterocycles. The maximum atomic E-state index is 11.3. The minimum absolute atomic E-state index is 0.00185. The Bertz CT molecular complexity index is 903. The van der Waals surface area contributed by atoms with Crippen LogP contribution in [0.25, 0.3) is 0 Å². The second-order valence-electron chi connectivity index (χ2n) is 15.0. The van der Waals surface area contributed by atoms with Gasteiger partial charge in [-0.3, -0.25) is 0 Å². The summed E-state index contributed by atoms with van der Waals surface area (Å²) in [5.41, 5.74) is 0.0879. The van der Waals surface area contributed by atoms with Crippen molar-refractivity contribution >= 4 is 0 Å². The van der Waals surface area contributed by atoms with E-state index in [2.05, 4.69) is 40.7 Å². The summed E-state index contributed by atoms with van der Waals surface area (Å²) >= 11 is 0. The van der Waals surface area contributed by atoms with E-state index in [1.54, 1.807) is 0 Å². The molecule has 0 bridgehead atoms. The molecule has 0 radical (unpaired) electrons. The van der Waals surface area contributed by atoms with E-state index in [0.717, 1.165) is 44.9 Å². The van der Waals surface area contributed by atoms with Crippen LogP contribution in [0.5, 0.6) is 0 Å². The highest BCUT2D eigenvalue weighted by Crippen LogP contribution is 2.75. The fraction of sp³-hybridized carbons (Fsp3) is 0.933. The summed E-state index contributed by atoms with van der Waals surface area (Å²) in [4.78, 5) is 0. The van der Waals surface area contributed by atoms with Gasteiger partial charge in [-0.1, -0.05) is 53.2 Å². The Morgan fingerprint density at radius 2 is 1.46 bits per heavy atom. The molecule has 0 spiro atoms. The third-order valence-electron chi connectivity index (χ3n) is 13.7. The van der Waals surface area contributed by atoms with Gasteiger partial charge in [0, 0.05) is 16.2 Å². The van der Waals surface area contributed by atoms with E-state index < -0.39 is 29.1 Å². The van der Waals surface area contributed by atoms with Gasteiger partial charge in [0.05, 0.1) is 31.5 Å². The average molecular weight is 491 g/mol. The number of aliphatic hydroxyl groups excluding tert-OH is 5. The van der Waals surface area contributed by atoms with Gasteiger partial charge in [0.25, 0.3) is 0 Å². The summed E-state index contributed by atoms with van der Waals surface area (Å²) in [5.74, 6) is 0.933. The molecule has 0 heterocycles. The lowest BCUT2D eigenvalue weighted by Gasteiger charge is -2.72. The molecule has 5 rings (SSSR count). The predicted molar refractivity (Wildman–Crippen MR) is 136 cm³/mol. The topological polar surface area (TPSA) is 101 Å². The van der Waals surface area contributed by atoms with Gasteiger partial charge < -0.3 is 25.5 Å². The van der Waals surface area contributed by atoms with E-state index in [-0.39, 0.29) is 40.8 Å². The molecule has 5 aliphatic rings. The third-order valence-corrected chi connectivity index (χ3v) is 13.7. The zero-order valence-electron chi connectivity index (χ0n) is 22.8. The Morgan fingerprint density at radius 1 is 0.771 bits per heavy atom. The molecule has 4 saturated carbocycles. The summed E-state index contributed by atoms with van der Waals surface area (Å²) in [7, 11) is 0. The van der Waals surface area contributed by atoms with Crippen molar-refractivity contribution in [3.05, 3.63) is 11.6 Å². The number of rotatable bonds is 2. The van der Waals surface area contributed by atoms with Crippen LogP contribution in [0.2, 0.25) is 0 Å². The fourth-order valence-electron chi connectivity index (χ4n) is 10.8. The smallest absolute Gasteiger partial charge is 0.0880 e. The molecule has 35 heavy (non-hydrogen) atoms. The van der Waals surface area contributed by atoms with E-state index in [1.165, 1.54) is 5.57 Å². The molecule has 5 aliphatic carbocycles. The van der Waals surface area contributed by atoms with Gasteiger partial charge in [-0.2, -0.15) is 0 Å². The van der Waals surface area contributed by atoms with E-state index in [4.69, 9.17) is 0 Å². The highest BCUT2D eigenvalue weighted by atomic mass is 16.3. The van der Waals surface area contributed by atoms with Crippen LogP contribution in [0.4, 0.5) is 0 Å². The van der Waals surface area contributed by atoms with Crippen molar-refractivity contribution in [2.24, 2.45) is 50.2 Å². The number of fused-ring (bicyclic) bond motifs is 7. The Morgan fingerprint density at radius 3 is 2.09 bits per heavy atom. The first-order chi connectivity index (χ1) is 16.2. The van der Waals surface area contributed by atoms with Gasteiger partial charge in [0.1, 0.15) is 0 Å². The minimum Gasteiger partial charge on any atom is -0.396 e. The first kappa shape index (κ1) is 26.2. The van der Waals surface area contributed by atoms with Gasteiger partial charge in [-0.15, -0.1) is 0 Å². The van der Waals surface area contributed by atoms with Gasteiger partial charge >= 0.3 is 0 Å². The number of hydrogen-bond donors (Lipinski definition) is 5. The van der Waals surface area contributed by atoms with Crippen LogP contribution < -0.4 is 0 Å². The normalized spacial score (nSPS) is 60.0. The Labute approximate surface area is 212 Å². The molecule has 0 amide bonds. The molecule has 5 nitrogen and oxygen atoms in total. The molecule has 5 heteroatoms. The summed E-state index contributed by atoms with van der Waals surface area (Å²) in [5, 5.41) is 53.9. The quantitative estimate of drug-likeness (QED) is 0.376. The van der Waals surface area contributed by atoms with E-state index in [1.807, 2.05) is 6.92 Å². The van der Waals surface area contributed by atoms with Gasteiger partial charge in [-0.25, -0.2) is 0 Å². The molecule has 0 aromatic heterocycles. The number of allylic oxidation sites excluding steroid dienone is 2. The minimum atomic E-state index is -0.912. The Balaban J connectivity index is 1.58. The highest BCUT2D eigenvalue weighted by Gasteiger charge is 2.69. The molecular weight excluding hydrogens is 440 g/mol. The van der Waals surface area contributed by atoms with Crippen molar-refractivity contribution in [2.75, 3.05) is 13.2 Å². The summed E-state index contributed by atoms with van der Waals surface area (Å²) in [6.07, 6.45) is 7.73. The van der Waals surface area contributed by atoms with E-state index in [0.29, 0.717) is 18.3 Å². The number of hydrogen-bond acceptors (Lipinski definition) is 5. The van der Waals surface area contributed by atoms with Crippen LogP contribution in [0, 0.1) is 50.2 Å². The van der Waals surface area contributed by atoms with Crippen LogP contribution in [0.3, 0.4) is 0 Å². The summed E-state index contributed by atoms with van der Waals surface area (Å²) < 4.78 is 0. The second kappa shape index (κ2) is 7.79. The number of aliphatic hydroxyl groups is 5. The van der Waals surface area contributed by atoms with Crippen molar-refractivity contribution < 1.29 is 25.5 Å². The van der Waals surface area contributed by atoms with Crippen molar-refractivity contribution in [2.45, 2.75) is 111 Å². The maximum absolute atomic E-state index is 11.3. The van der Waals surface area contributed by atoms with Crippen molar-refractivity contribution in [3.8, 4) is 0 Å². The third kappa shape index (κ3) is 3.00. The predicted octanol–water partition coefficient (Wildman–Crippen LogP) is 4.06. The standard InChI is InChI=1S/C30H50O5/c1-25(16-31)15-19-18-7-8-21-27(3)11-10-22(33)28(4,17-32)20(27)9-12-30(21,6)29(18,5)14-13-26(19,2)24(35)23(25)34/h7,19-24,31-35H,8-17H2,1-6H3/t19-,20+,21+,22-,23-,24+,25-,26+,27-,28+,29+,30+/m0/s1. The molecule has 5 N–H and O–H groups in total. The van der Waals surface area contributed by atoms with Crippen molar-refractivity contribution in [1.29, 1.82) is 0 Å². The average Bonchev–Trinajstić information content (AvgIpc) is 2.82. The molecular formula is C30H50O5. The fourth-order valence-corrected chi connectivity index (χ4v) is 10.8. The first-order valence-corrected chi connectivity index (χ1v) is 14.1. The SMILES string of the molecule is C[C@@]1(CO)C[C@H]2C3=CC[C@@H]4[C@@]5(C)CC[C@H](O)[C@](C)(CO)[C@@H]5CC[C@@]4(C)[C@]3(C)CC[C@@]2(C)[C@H](O)[C@@H]1O. The zero-order chi connectivity index (χ0) is 25.8. The molecule has 4 fully saturated rings. The van der Waals surface area contributed by atoms with E-state index >= 15 is 0 Å². The van der Waals surface area contributed by atoms with Crippen LogP contribution in [0.15, 0.2) is 11.6 Å². The van der Waals surface area contributed by atoms with Crippen molar-refractivity contribution in [1.82, 2.24) is 0 Å². The lowest BCUT2D eigenvalue weighted by Crippen LogP contribution is -2.67.